The standard InChI is InChI=1S/C16H27N3/c1-4-7-17-12-14-10-15(13(2)3)18-16(11-14)19-8-5-6-9-19/h10-11,13,17H,4-9,12H2,1-3H3. The van der Waals surface area contributed by atoms with E-state index in [-0.39, 0.29) is 0 Å². The molecule has 0 unspecified atom stereocenters. The fraction of sp³-hybridized carbons (Fsp3) is 0.688. The predicted octanol–water partition coefficient (Wildman–Crippen LogP) is 3.30. The number of aromatic nitrogens is 1. The number of hydrogen-bond acceptors (Lipinski definition) is 3. The molecule has 1 aliphatic heterocycles. The van der Waals surface area contributed by atoms with Gasteiger partial charge in [-0.1, -0.05) is 20.8 Å². The van der Waals surface area contributed by atoms with Gasteiger partial charge >= 0.3 is 0 Å². The third-order valence-corrected chi connectivity index (χ3v) is 3.67. The molecule has 3 heteroatoms. The Kier molecular flexibility index (Phi) is 5.20. The highest BCUT2D eigenvalue weighted by molar-refractivity contribution is 5.44. The summed E-state index contributed by atoms with van der Waals surface area (Å²) < 4.78 is 0. The van der Waals surface area contributed by atoms with E-state index in [2.05, 4.69) is 43.1 Å². The maximum Gasteiger partial charge on any atom is 0.129 e. The summed E-state index contributed by atoms with van der Waals surface area (Å²) in [7, 11) is 0. The van der Waals surface area contributed by atoms with Crippen LogP contribution in [0.25, 0.3) is 0 Å². The van der Waals surface area contributed by atoms with Gasteiger partial charge in [-0.05, 0) is 49.4 Å². The molecule has 19 heavy (non-hydrogen) atoms. The fourth-order valence-electron chi connectivity index (χ4n) is 2.51. The Morgan fingerprint density at radius 1 is 1.26 bits per heavy atom. The Balaban J connectivity index is 2.16. The fourth-order valence-corrected chi connectivity index (χ4v) is 2.51. The Bertz CT molecular complexity index is 395. The van der Waals surface area contributed by atoms with Crippen molar-refractivity contribution < 1.29 is 0 Å². The van der Waals surface area contributed by atoms with Crippen molar-refractivity contribution in [2.75, 3.05) is 24.5 Å². The summed E-state index contributed by atoms with van der Waals surface area (Å²) >= 11 is 0. The van der Waals surface area contributed by atoms with Crippen molar-refractivity contribution in [3.8, 4) is 0 Å². The van der Waals surface area contributed by atoms with Crippen LogP contribution >= 0.6 is 0 Å². The number of pyridine rings is 1. The monoisotopic (exact) mass is 261 g/mol. The molecule has 0 amide bonds. The van der Waals surface area contributed by atoms with Crippen molar-refractivity contribution in [2.45, 2.75) is 52.5 Å². The van der Waals surface area contributed by atoms with E-state index in [0.717, 1.165) is 26.2 Å². The zero-order valence-corrected chi connectivity index (χ0v) is 12.6. The van der Waals surface area contributed by atoms with Gasteiger partial charge in [-0.15, -0.1) is 0 Å². The average Bonchev–Trinajstić information content (AvgIpc) is 2.92. The van der Waals surface area contributed by atoms with Gasteiger partial charge in [-0.25, -0.2) is 4.98 Å². The third kappa shape index (κ3) is 3.93. The van der Waals surface area contributed by atoms with Crippen molar-refractivity contribution >= 4 is 5.82 Å². The summed E-state index contributed by atoms with van der Waals surface area (Å²) in [6.45, 7) is 11.0. The first kappa shape index (κ1) is 14.3. The Labute approximate surface area is 117 Å². The number of nitrogens with one attached hydrogen (secondary N) is 1. The van der Waals surface area contributed by atoms with E-state index in [1.165, 1.54) is 36.3 Å². The second-order valence-corrected chi connectivity index (χ2v) is 5.78. The summed E-state index contributed by atoms with van der Waals surface area (Å²) in [6.07, 6.45) is 3.79. The van der Waals surface area contributed by atoms with Crippen molar-refractivity contribution in [1.82, 2.24) is 10.3 Å². The van der Waals surface area contributed by atoms with Crippen LogP contribution < -0.4 is 10.2 Å². The highest BCUT2D eigenvalue weighted by Gasteiger charge is 2.15. The highest BCUT2D eigenvalue weighted by Crippen LogP contribution is 2.23. The Morgan fingerprint density at radius 2 is 2.00 bits per heavy atom. The molecule has 0 spiro atoms. The molecule has 2 heterocycles. The lowest BCUT2D eigenvalue weighted by Gasteiger charge is -2.19. The van der Waals surface area contributed by atoms with Gasteiger partial charge in [-0.3, -0.25) is 0 Å². The van der Waals surface area contributed by atoms with Crippen LogP contribution in [0.2, 0.25) is 0 Å². The van der Waals surface area contributed by atoms with E-state index in [4.69, 9.17) is 4.98 Å². The quantitative estimate of drug-likeness (QED) is 0.796. The molecular weight excluding hydrogens is 234 g/mol. The van der Waals surface area contributed by atoms with Crippen LogP contribution in [0.5, 0.6) is 0 Å². The maximum atomic E-state index is 4.84. The second-order valence-electron chi connectivity index (χ2n) is 5.78. The Morgan fingerprint density at radius 3 is 2.63 bits per heavy atom. The second kappa shape index (κ2) is 6.90. The molecular formula is C16H27N3. The molecule has 2 rings (SSSR count). The summed E-state index contributed by atoms with van der Waals surface area (Å²) in [6, 6.07) is 4.52. The number of nitrogens with zero attached hydrogens (tertiary/aromatic N) is 2. The van der Waals surface area contributed by atoms with Crippen molar-refractivity contribution in [3.05, 3.63) is 23.4 Å². The molecule has 0 aliphatic carbocycles. The lowest BCUT2D eigenvalue weighted by Crippen LogP contribution is -2.21. The summed E-state index contributed by atoms with van der Waals surface area (Å²) in [5, 5.41) is 3.49. The van der Waals surface area contributed by atoms with E-state index in [1.54, 1.807) is 0 Å². The van der Waals surface area contributed by atoms with Crippen molar-refractivity contribution in [1.29, 1.82) is 0 Å². The van der Waals surface area contributed by atoms with E-state index in [9.17, 15) is 0 Å². The van der Waals surface area contributed by atoms with Gasteiger partial charge in [0.25, 0.3) is 0 Å². The Hall–Kier alpha value is -1.09. The molecule has 0 radical (unpaired) electrons. The van der Waals surface area contributed by atoms with Crippen LogP contribution in [0.15, 0.2) is 12.1 Å². The smallest absolute Gasteiger partial charge is 0.129 e. The molecule has 0 atom stereocenters. The lowest BCUT2D eigenvalue weighted by atomic mass is 10.1. The molecule has 0 aromatic carbocycles. The molecule has 1 aromatic heterocycles. The zero-order chi connectivity index (χ0) is 13.7. The summed E-state index contributed by atoms with van der Waals surface area (Å²) in [5.74, 6) is 1.67. The number of hydrogen-bond donors (Lipinski definition) is 1. The minimum Gasteiger partial charge on any atom is -0.357 e. The molecule has 1 aromatic rings. The topological polar surface area (TPSA) is 28.2 Å². The molecule has 0 saturated carbocycles. The highest BCUT2D eigenvalue weighted by atomic mass is 15.2. The minimum atomic E-state index is 0.493. The molecule has 0 bridgehead atoms. The normalized spacial score (nSPS) is 15.5. The zero-order valence-electron chi connectivity index (χ0n) is 12.6. The van der Waals surface area contributed by atoms with Crippen molar-refractivity contribution in [2.24, 2.45) is 0 Å². The van der Waals surface area contributed by atoms with E-state index >= 15 is 0 Å². The SMILES string of the molecule is CCCNCc1cc(C(C)C)nc(N2CCCC2)c1. The lowest BCUT2D eigenvalue weighted by molar-refractivity contribution is 0.672. The first-order valence-corrected chi connectivity index (χ1v) is 7.67. The first-order valence-electron chi connectivity index (χ1n) is 7.67. The van der Waals surface area contributed by atoms with Gasteiger partial charge in [0.1, 0.15) is 5.82 Å². The van der Waals surface area contributed by atoms with Crippen LogP contribution in [-0.4, -0.2) is 24.6 Å². The van der Waals surface area contributed by atoms with E-state index in [0.29, 0.717) is 5.92 Å². The van der Waals surface area contributed by atoms with Gasteiger partial charge in [0.05, 0.1) is 0 Å². The molecule has 1 N–H and O–H groups in total. The van der Waals surface area contributed by atoms with Crippen LogP contribution in [-0.2, 0) is 6.54 Å². The van der Waals surface area contributed by atoms with Gasteiger partial charge < -0.3 is 10.2 Å². The van der Waals surface area contributed by atoms with Gasteiger partial charge in [0, 0.05) is 25.3 Å². The summed E-state index contributed by atoms with van der Waals surface area (Å²) in [5.41, 5.74) is 2.59. The van der Waals surface area contributed by atoms with Crippen molar-refractivity contribution in [3.63, 3.8) is 0 Å². The van der Waals surface area contributed by atoms with Gasteiger partial charge in [-0.2, -0.15) is 0 Å². The molecule has 1 fully saturated rings. The van der Waals surface area contributed by atoms with Gasteiger partial charge in [0.15, 0.2) is 0 Å². The average molecular weight is 261 g/mol. The van der Waals surface area contributed by atoms with Crippen LogP contribution in [0.4, 0.5) is 5.82 Å². The molecule has 1 saturated heterocycles. The molecule has 1 aliphatic rings. The summed E-state index contributed by atoms with van der Waals surface area (Å²) in [4.78, 5) is 7.27. The van der Waals surface area contributed by atoms with Gasteiger partial charge in [0.2, 0.25) is 0 Å². The van der Waals surface area contributed by atoms with Crippen LogP contribution in [0.1, 0.15) is 57.2 Å². The minimum absolute atomic E-state index is 0.493. The van der Waals surface area contributed by atoms with E-state index in [1.807, 2.05) is 0 Å². The third-order valence-electron chi connectivity index (χ3n) is 3.67. The van der Waals surface area contributed by atoms with Crippen LogP contribution in [0, 0.1) is 0 Å². The predicted molar refractivity (Wildman–Crippen MR) is 81.8 cm³/mol. The largest absolute Gasteiger partial charge is 0.357 e. The first-order chi connectivity index (χ1) is 9.20. The number of anilines is 1. The maximum absolute atomic E-state index is 4.84. The molecule has 106 valence electrons. The molecule has 3 nitrogen and oxygen atoms in total. The van der Waals surface area contributed by atoms with Crippen LogP contribution in [0.3, 0.4) is 0 Å². The van der Waals surface area contributed by atoms with E-state index < -0.39 is 0 Å². The number of rotatable bonds is 6.